The number of urea groups is 1. The molecule has 0 saturated carbocycles. The number of alkyl halides is 3. The standard InChI is InChI=1S/C26H21F4N5O/c27-18-7-4-8-19(15-18)32-25(36)35-13-11-34(12-14-35)24-20-9-10-22(26(28,29)30)33-23(20)21(16-31-24)17-5-2-1-3-6-17/h1-10,15-16H,11-14H2,(H,32,36). The van der Waals surface area contributed by atoms with Crippen molar-refractivity contribution in [3.63, 3.8) is 0 Å². The Bertz CT molecular complexity index is 1400. The smallest absolute Gasteiger partial charge is 0.353 e. The lowest BCUT2D eigenvalue weighted by Crippen LogP contribution is -2.50. The van der Waals surface area contributed by atoms with Crippen molar-refractivity contribution >= 4 is 28.4 Å². The Labute approximate surface area is 204 Å². The minimum absolute atomic E-state index is 0.215. The number of carbonyl (C=O) groups excluding carboxylic acids is 1. The van der Waals surface area contributed by atoms with Crippen molar-refractivity contribution < 1.29 is 22.4 Å². The molecule has 1 N–H and O–H groups in total. The third-order valence-corrected chi connectivity index (χ3v) is 6.02. The average Bonchev–Trinajstić information content (AvgIpc) is 2.88. The van der Waals surface area contributed by atoms with E-state index in [0.717, 1.165) is 6.07 Å². The molecule has 4 aromatic rings. The number of amides is 2. The molecule has 6 nitrogen and oxygen atoms in total. The van der Waals surface area contributed by atoms with Gasteiger partial charge in [-0.15, -0.1) is 0 Å². The van der Waals surface area contributed by atoms with E-state index in [1.807, 2.05) is 11.0 Å². The lowest BCUT2D eigenvalue weighted by molar-refractivity contribution is -0.140. The molecule has 1 aliphatic heterocycles. The zero-order valence-electron chi connectivity index (χ0n) is 19.0. The van der Waals surface area contributed by atoms with Crippen LogP contribution in [0.5, 0.6) is 0 Å². The van der Waals surface area contributed by atoms with Gasteiger partial charge in [0.1, 0.15) is 17.3 Å². The Morgan fingerprint density at radius 2 is 1.67 bits per heavy atom. The molecule has 0 aliphatic carbocycles. The monoisotopic (exact) mass is 495 g/mol. The first-order chi connectivity index (χ1) is 17.3. The highest BCUT2D eigenvalue weighted by molar-refractivity contribution is 5.99. The van der Waals surface area contributed by atoms with E-state index in [1.165, 1.54) is 24.3 Å². The molecule has 1 saturated heterocycles. The summed E-state index contributed by atoms with van der Waals surface area (Å²) >= 11 is 0. The zero-order chi connectivity index (χ0) is 25.3. The fourth-order valence-electron chi connectivity index (χ4n) is 4.23. The Balaban J connectivity index is 1.41. The van der Waals surface area contributed by atoms with Crippen LogP contribution in [0.1, 0.15) is 5.69 Å². The molecule has 0 spiro atoms. The van der Waals surface area contributed by atoms with Crippen LogP contribution in [0.25, 0.3) is 22.0 Å². The van der Waals surface area contributed by atoms with Crippen molar-refractivity contribution in [3.8, 4) is 11.1 Å². The molecule has 0 unspecified atom stereocenters. The van der Waals surface area contributed by atoms with Crippen molar-refractivity contribution in [2.75, 3.05) is 36.4 Å². The van der Waals surface area contributed by atoms with Crippen LogP contribution >= 0.6 is 0 Å². The highest BCUT2D eigenvalue weighted by atomic mass is 19.4. The second-order valence-electron chi connectivity index (χ2n) is 8.37. The highest BCUT2D eigenvalue weighted by Crippen LogP contribution is 2.36. The van der Waals surface area contributed by atoms with Crippen LogP contribution < -0.4 is 10.2 Å². The van der Waals surface area contributed by atoms with Gasteiger partial charge in [-0.05, 0) is 35.9 Å². The zero-order valence-corrected chi connectivity index (χ0v) is 19.0. The third-order valence-electron chi connectivity index (χ3n) is 6.02. The van der Waals surface area contributed by atoms with E-state index in [2.05, 4.69) is 15.3 Å². The van der Waals surface area contributed by atoms with Gasteiger partial charge in [0.05, 0.1) is 5.52 Å². The predicted octanol–water partition coefficient (Wildman–Crippen LogP) is 5.81. The molecule has 36 heavy (non-hydrogen) atoms. The maximum Gasteiger partial charge on any atom is 0.433 e. The van der Waals surface area contributed by atoms with Gasteiger partial charge in [0, 0.05) is 49.0 Å². The quantitative estimate of drug-likeness (QED) is 0.365. The molecule has 2 amide bonds. The van der Waals surface area contributed by atoms with E-state index in [-0.39, 0.29) is 11.5 Å². The van der Waals surface area contributed by atoms with Gasteiger partial charge >= 0.3 is 12.2 Å². The number of anilines is 2. The first kappa shape index (κ1) is 23.5. The molecule has 2 aromatic heterocycles. The predicted molar refractivity (Wildman–Crippen MR) is 129 cm³/mol. The fourth-order valence-corrected chi connectivity index (χ4v) is 4.23. The van der Waals surface area contributed by atoms with Gasteiger partial charge in [-0.1, -0.05) is 36.4 Å². The number of rotatable bonds is 3. The second kappa shape index (κ2) is 9.44. The number of pyridine rings is 2. The summed E-state index contributed by atoms with van der Waals surface area (Å²) in [5.74, 6) is 0.0629. The van der Waals surface area contributed by atoms with Gasteiger partial charge in [0.2, 0.25) is 0 Å². The number of carbonyl (C=O) groups is 1. The summed E-state index contributed by atoms with van der Waals surface area (Å²) in [5.41, 5.74) is 0.828. The molecular weight excluding hydrogens is 474 g/mol. The van der Waals surface area contributed by atoms with E-state index in [1.54, 1.807) is 41.4 Å². The molecule has 1 fully saturated rings. The van der Waals surface area contributed by atoms with E-state index in [0.29, 0.717) is 54.2 Å². The maximum atomic E-state index is 13.4. The Hall–Kier alpha value is -4.21. The first-order valence-corrected chi connectivity index (χ1v) is 11.3. The van der Waals surface area contributed by atoms with E-state index in [4.69, 9.17) is 0 Å². The van der Waals surface area contributed by atoms with Crippen molar-refractivity contribution in [3.05, 3.63) is 84.4 Å². The van der Waals surface area contributed by atoms with Crippen molar-refractivity contribution in [1.29, 1.82) is 0 Å². The van der Waals surface area contributed by atoms with Crippen molar-refractivity contribution in [1.82, 2.24) is 14.9 Å². The van der Waals surface area contributed by atoms with E-state index >= 15 is 0 Å². The largest absolute Gasteiger partial charge is 0.433 e. The van der Waals surface area contributed by atoms with Crippen LogP contribution in [0.15, 0.2) is 72.9 Å². The summed E-state index contributed by atoms with van der Waals surface area (Å²) < 4.78 is 53.8. The summed E-state index contributed by atoms with van der Waals surface area (Å²) in [6.45, 7) is 1.56. The number of fused-ring (bicyclic) bond motifs is 1. The number of nitrogens with one attached hydrogen (secondary N) is 1. The van der Waals surface area contributed by atoms with Crippen LogP contribution in [0.3, 0.4) is 0 Å². The van der Waals surface area contributed by atoms with Crippen molar-refractivity contribution in [2.24, 2.45) is 0 Å². The molecule has 0 atom stereocenters. The molecule has 184 valence electrons. The number of piperazine rings is 1. The molecule has 1 aliphatic rings. The lowest BCUT2D eigenvalue weighted by atomic mass is 10.0. The summed E-state index contributed by atoms with van der Waals surface area (Å²) in [6, 6.07) is 16.7. The molecule has 0 bridgehead atoms. The van der Waals surface area contributed by atoms with Gasteiger partial charge in [-0.25, -0.2) is 19.2 Å². The van der Waals surface area contributed by atoms with Gasteiger partial charge in [0.15, 0.2) is 0 Å². The molecule has 10 heteroatoms. The van der Waals surface area contributed by atoms with Gasteiger partial charge in [-0.2, -0.15) is 13.2 Å². The van der Waals surface area contributed by atoms with Crippen LogP contribution in [0.2, 0.25) is 0 Å². The number of halogens is 4. The summed E-state index contributed by atoms with van der Waals surface area (Å²) in [6.07, 6.45) is -3.03. The van der Waals surface area contributed by atoms with E-state index < -0.39 is 17.7 Å². The Kier molecular flexibility index (Phi) is 6.17. The summed E-state index contributed by atoms with van der Waals surface area (Å²) in [4.78, 5) is 24.7. The number of nitrogens with zero attached hydrogens (tertiary/aromatic N) is 4. The third kappa shape index (κ3) is 4.79. The number of hydrogen-bond donors (Lipinski definition) is 1. The minimum Gasteiger partial charge on any atom is -0.353 e. The van der Waals surface area contributed by atoms with Crippen LogP contribution in [0.4, 0.5) is 33.9 Å². The molecule has 0 radical (unpaired) electrons. The van der Waals surface area contributed by atoms with Gasteiger partial charge in [0.25, 0.3) is 0 Å². The summed E-state index contributed by atoms with van der Waals surface area (Å²) in [7, 11) is 0. The molecule has 3 heterocycles. The number of aromatic nitrogens is 2. The lowest BCUT2D eigenvalue weighted by Gasteiger charge is -2.36. The van der Waals surface area contributed by atoms with Crippen molar-refractivity contribution in [2.45, 2.75) is 6.18 Å². The SMILES string of the molecule is O=C(Nc1cccc(F)c1)N1CCN(c2ncc(-c3ccccc3)c3nc(C(F)(F)F)ccc23)CC1. The number of hydrogen-bond acceptors (Lipinski definition) is 4. The molecular formula is C26H21F4N5O. The minimum atomic E-state index is -4.58. The van der Waals surface area contributed by atoms with Gasteiger partial charge in [-0.3, -0.25) is 0 Å². The van der Waals surface area contributed by atoms with E-state index in [9.17, 15) is 22.4 Å². The Morgan fingerprint density at radius 3 is 2.36 bits per heavy atom. The highest BCUT2D eigenvalue weighted by Gasteiger charge is 2.33. The fraction of sp³-hybridized carbons (Fsp3) is 0.192. The molecule has 5 rings (SSSR count). The number of benzene rings is 2. The average molecular weight is 495 g/mol. The maximum absolute atomic E-state index is 13.4. The molecule has 2 aromatic carbocycles. The summed E-state index contributed by atoms with van der Waals surface area (Å²) in [5, 5.41) is 3.18. The normalized spacial score (nSPS) is 14.2. The van der Waals surface area contributed by atoms with Crippen LogP contribution in [-0.4, -0.2) is 47.1 Å². The second-order valence-corrected chi connectivity index (χ2v) is 8.37. The Morgan fingerprint density at radius 1 is 0.917 bits per heavy atom. The van der Waals surface area contributed by atoms with Gasteiger partial charge < -0.3 is 15.1 Å². The topological polar surface area (TPSA) is 61.4 Å². The van der Waals surface area contributed by atoms with Crippen LogP contribution in [0, 0.1) is 5.82 Å². The van der Waals surface area contributed by atoms with Crippen LogP contribution in [-0.2, 0) is 6.18 Å². The first-order valence-electron chi connectivity index (χ1n) is 11.3.